The maximum absolute atomic E-state index is 13.9. The van der Waals surface area contributed by atoms with E-state index in [2.05, 4.69) is 15.9 Å². The van der Waals surface area contributed by atoms with Gasteiger partial charge in [-0.15, -0.1) is 0 Å². The fraction of sp³-hybridized carbons (Fsp3) is 0.250. The molecule has 0 aliphatic carbocycles. The van der Waals surface area contributed by atoms with Gasteiger partial charge in [-0.05, 0) is 36.2 Å². The Balaban J connectivity index is 2.42. The Kier molecular flexibility index (Phi) is 4.55. The summed E-state index contributed by atoms with van der Waals surface area (Å²) in [6.45, 7) is 1.78. The van der Waals surface area contributed by atoms with Crippen molar-refractivity contribution in [1.82, 2.24) is 0 Å². The molecule has 0 amide bonds. The molecule has 1 nitrogen and oxygen atoms in total. The topological polar surface area (TPSA) is 20.2 Å². The minimum absolute atomic E-state index is 0.142. The number of halogens is 3. The molecule has 0 saturated heterocycles. The third-order valence-corrected chi connectivity index (χ3v) is 4.22. The molecule has 0 aliphatic rings. The fourth-order valence-electron chi connectivity index (χ4n) is 2.24. The zero-order valence-electron chi connectivity index (χ0n) is 11.0. The minimum Gasteiger partial charge on any atom is -0.385 e. The SMILES string of the molecule is CCC(O)(Cc1cc(F)ccc1Br)c1ccccc1F. The molecular formula is C16H15BrF2O. The van der Waals surface area contributed by atoms with Crippen LogP contribution in [-0.4, -0.2) is 5.11 Å². The van der Waals surface area contributed by atoms with Gasteiger partial charge in [0.1, 0.15) is 11.6 Å². The zero-order valence-corrected chi connectivity index (χ0v) is 12.6. The Morgan fingerprint density at radius 3 is 2.50 bits per heavy atom. The Morgan fingerprint density at radius 1 is 1.15 bits per heavy atom. The lowest BCUT2D eigenvalue weighted by Crippen LogP contribution is -2.29. The lowest BCUT2D eigenvalue weighted by Gasteiger charge is -2.28. The first kappa shape index (κ1) is 15.1. The first-order valence-electron chi connectivity index (χ1n) is 6.37. The molecule has 0 fully saturated rings. The van der Waals surface area contributed by atoms with Crippen LogP contribution in [0.25, 0.3) is 0 Å². The van der Waals surface area contributed by atoms with Gasteiger partial charge in [0.05, 0.1) is 5.60 Å². The van der Waals surface area contributed by atoms with E-state index in [1.807, 2.05) is 0 Å². The smallest absolute Gasteiger partial charge is 0.129 e. The van der Waals surface area contributed by atoms with Crippen LogP contribution in [0.5, 0.6) is 0 Å². The molecule has 20 heavy (non-hydrogen) atoms. The van der Waals surface area contributed by atoms with Crippen LogP contribution in [0.4, 0.5) is 8.78 Å². The van der Waals surface area contributed by atoms with Gasteiger partial charge in [0, 0.05) is 16.5 Å². The molecule has 1 atom stereocenters. The molecule has 0 saturated carbocycles. The van der Waals surface area contributed by atoms with Gasteiger partial charge in [-0.2, -0.15) is 0 Å². The van der Waals surface area contributed by atoms with E-state index in [0.29, 0.717) is 16.5 Å². The molecule has 1 N–H and O–H groups in total. The predicted octanol–water partition coefficient (Wildman–Crippen LogP) is 4.57. The third-order valence-electron chi connectivity index (χ3n) is 3.45. The number of benzene rings is 2. The second-order valence-electron chi connectivity index (χ2n) is 4.78. The van der Waals surface area contributed by atoms with E-state index in [9.17, 15) is 13.9 Å². The van der Waals surface area contributed by atoms with Crippen molar-refractivity contribution in [2.75, 3.05) is 0 Å². The van der Waals surface area contributed by atoms with Crippen LogP contribution in [0.1, 0.15) is 24.5 Å². The summed E-state index contributed by atoms with van der Waals surface area (Å²) < 4.78 is 27.9. The molecule has 0 aliphatic heterocycles. The third kappa shape index (κ3) is 3.07. The van der Waals surface area contributed by atoms with Crippen molar-refractivity contribution < 1.29 is 13.9 Å². The second kappa shape index (κ2) is 6.02. The van der Waals surface area contributed by atoms with Crippen molar-refractivity contribution in [3.63, 3.8) is 0 Å². The van der Waals surface area contributed by atoms with Crippen molar-refractivity contribution in [2.24, 2.45) is 0 Å². The van der Waals surface area contributed by atoms with Gasteiger partial charge in [-0.3, -0.25) is 0 Å². The largest absolute Gasteiger partial charge is 0.385 e. The Morgan fingerprint density at radius 2 is 1.85 bits per heavy atom. The van der Waals surface area contributed by atoms with E-state index < -0.39 is 11.4 Å². The minimum atomic E-state index is -1.36. The summed E-state index contributed by atoms with van der Waals surface area (Å²) in [4.78, 5) is 0. The molecule has 0 aromatic heterocycles. The summed E-state index contributed by atoms with van der Waals surface area (Å²) in [5.74, 6) is -0.834. The summed E-state index contributed by atoms with van der Waals surface area (Å²) in [6, 6.07) is 10.4. The molecule has 2 aromatic rings. The van der Waals surface area contributed by atoms with Gasteiger partial charge >= 0.3 is 0 Å². The maximum Gasteiger partial charge on any atom is 0.129 e. The average molecular weight is 341 g/mol. The van der Waals surface area contributed by atoms with Gasteiger partial charge in [-0.25, -0.2) is 8.78 Å². The van der Waals surface area contributed by atoms with Crippen LogP contribution in [0.3, 0.4) is 0 Å². The van der Waals surface area contributed by atoms with Crippen LogP contribution in [0, 0.1) is 11.6 Å². The first-order chi connectivity index (χ1) is 9.46. The van der Waals surface area contributed by atoms with E-state index in [-0.39, 0.29) is 17.8 Å². The first-order valence-corrected chi connectivity index (χ1v) is 7.17. The fourth-order valence-corrected chi connectivity index (χ4v) is 2.63. The van der Waals surface area contributed by atoms with Gasteiger partial charge in [-0.1, -0.05) is 41.1 Å². The van der Waals surface area contributed by atoms with Crippen molar-refractivity contribution in [3.8, 4) is 0 Å². The summed E-state index contributed by atoms with van der Waals surface area (Å²) in [7, 11) is 0. The highest BCUT2D eigenvalue weighted by Gasteiger charge is 2.31. The van der Waals surface area contributed by atoms with Crippen LogP contribution in [0.15, 0.2) is 46.9 Å². The lowest BCUT2D eigenvalue weighted by atomic mass is 9.85. The van der Waals surface area contributed by atoms with Crippen molar-refractivity contribution in [2.45, 2.75) is 25.4 Å². The average Bonchev–Trinajstić information content (AvgIpc) is 2.43. The molecular weight excluding hydrogens is 326 g/mol. The van der Waals surface area contributed by atoms with Crippen molar-refractivity contribution in [1.29, 1.82) is 0 Å². The second-order valence-corrected chi connectivity index (χ2v) is 5.63. The van der Waals surface area contributed by atoms with Gasteiger partial charge in [0.2, 0.25) is 0 Å². The van der Waals surface area contributed by atoms with E-state index in [1.54, 1.807) is 31.2 Å². The highest BCUT2D eigenvalue weighted by molar-refractivity contribution is 9.10. The Bertz CT molecular complexity index is 615. The van der Waals surface area contributed by atoms with Gasteiger partial charge < -0.3 is 5.11 Å². The molecule has 0 bridgehead atoms. The van der Waals surface area contributed by atoms with Crippen LogP contribution in [-0.2, 0) is 12.0 Å². The molecule has 0 heterocycles. The predicted molar refractivity (Wildman–Crippen MR) is 78.4 cm³/mol. The monoisotopic (exact) mass is 340 g/mol. The van der Waals surface area contributed by atoms with E-state index >= 15 is 0 Å². The zero-order chi connectivity index (χ0) is 14.8. The summed E-state index contributed by atoms with van der Waals surface area (Å²) in [6.07, 6.45) is 0.472. The standard InChI is InChI=1S/C16H15BrF2O/c1-2-16(20,13-5-3-4-6-15(13)19)10-11-9-12(18)7-8-14(11)17/h3-9,20H,2,10H2,1H3. The molecule has 2 rings (SSSR count). The van der Waals surface area contributed by atoms with E-state index in [0.717, 1.165) is 0 Å². The lowest BCUT2D eigenvalue weighted by molar-refractivity contribution is 0.0289. The number of aliphatic hydroxyl groups is 1. The van der Waals surface area contributed by atoms with Crippen molar-refractivity contribution >= 4 is 15.9 Å². The van der Waals surface area contributed by atoms with Crippen molar-refractivity contribution in [3.05, 3.63) is 69.7 Å². The highest BCUT2D eigenvalue weighted by atomic mass is 79.9. The maximum atomic E-state index is 13.9. The highest BCUT2D eigenvalue weighted by Crippen LogP contribution is 2.33. The number of rotatable bonds is 4. The van der Waals surface area contributed by atoms with Gasteiger partial charge in [0.25, 0.3) is 0 Å². The molecule has 4 heteroatoms. The summed E-state index contributed by atoms with van der Waals surface area (Å²) in [5.41, 5.74) is -0.516. The molecule has 0 radical (unpaired) electrons. The normalized spacial score (nSPS) is 14.1. The Hall–Kier alpha value is -1.26. The summed E-state index contributed by atoms with van der Waals surface area (Å²) >= 11 is 3.33. The van der Waals surface area contributed by atoms with Crippen LogP contribution in [0.2, 0.25) is 0 Å². The van der Waals surface area contributed by atoms with E-state index in [4.69, 9.17) is 0 Å². The van der Waals surface area contributed by atoms with Gasteiger partial charge in [0.15, 0.2) is 0 Å². The van der Waals surface area contributed by atoms with Crippen LogP contribution < -0.4 is 0 Å². The summed E-state index contributed by atoms with van der Waals surface area (Å²) in [5, 5.41) is 10.8. The molecule has 0 spiro atoms. The molecule has 2 aromatic carbocycles. The number of hydrogen-bond acceptors (Lipinski definition) is 1. The molecule has 106 valence electrons. The molecule has 1 unspecified atom stereocenters. The number of hydrogen-bond donors (Lipinski definition) is 1. The van der Waals surface area contributed by atoms with Crippen LogP contribution >= 0.6 is 15.9 Å². The quantitative estimate of drug-likeness (QED) is 0.864. The Labute approximate surface area is 125 Å². The van der Waals surface area contributed by atoms with E-state index in [1.165, 1.54) is 18.2 Å².